The maximum Gasteiger partial charge on any atom is 0.0998 e. The first-order chi connectivity index (χ1) is 12.7. The molecule has 1 aliphatic carbocycles. The van der Waals surface area contributed by atoms with Crippen LogP contribution >= 0.6 is 0 Å². The zero-order valence-corrected chi connectivity index (χ0v) is 15.6. The second-order valence-corrected chi connectivity index (χ2v) is 7.66. The van der Waals surface area contributed by atoms with E-state index in [-0.39, 0.29) is 6.10 Å². The SMILES string of the molecule is CC(C)CN1CCO[C@H]2c3cc(C#Cc4ccccc4)cnc3CC[C@H]21. The Morgan fingerprint density at radius 2 is 2.00 bits per heavy atom. The molecule has 0 amide bonds. The Morgan fingerprint density at radius 3 is 2.81 bits per heavy atom. The van der Waals surface area contributed by atoms with Crippen LogP contribution in [-0.4, -0.2) is 35.6 Å². The van der Waals surface area contributed by atoms with E-state index in [1.807, 2.05) is 36.5 Å². The molecule has 4 rings (SSSR count). The first kappa shape index (κ1) is 17.3. The lowest BCUT2D eigenvalue weighted by Gasteiger charge is -2.44. The second-order valence-electron chi connectivity index (χ2n) is 7.66. The van der Waals surface area contributed by atoms with E-state index in [2.05, 4.69) is 36.7 Å². The molecular formula is C23H26N2O. The number of aryl methyl sites for hydroxylation is 1. The van der Waals surface area contributed by atoms with E-state index in [1.165, 1.54) is 11.3 Å². The van der Waals surface area contributed by atoms with Crippen molar-refractivity contribution in [2.75, 3.05) is 19.7 Å². The Kier molecular flexibility index (Phi) is 5.06. The molecule has 0 radical (unpaired) electrons. The van der Waals surface area contributed by atoms with Gasteiger partial charge in [-0.2, -0.15) is 0 Å². The number of ether oxygens (including phenoxy) is 1. The number of aromatic nitrogens is 1. The first-order valence-corrected chi connectivity index (χ1v) is 9.62. The lowest BCUT2D eigenvalue weighted by molar-refractivity contribution is -0.0837. The van der Waals surface area contributed by atoms with E-state index >= 15 is 0 Å². The molecule has 2 heterocycles. The minimum atomic E-state index is 0.136. The van der Waals surface area contributed by atoms with E-state index in [0.717, 1.165) is 43.7 Å². The predicted molar refractivity (Wildman–Crippen MR) is 104 cm³/mol. The molecule has 2 atom stereocenters. The fourth-order valence-corrected chi connectivity index (χ4v) is 4.08. The van der Waals surface area contributed by atoms with E-state index in [4.69, 9.17) is 9.72 Å². The van der Waals surface area contributed by atoms with Crippen LogP contribution in [0.2, 0.25) is 0 Å². The van der Waals surface area contributed by atoms with Crippen LogP contribution in [-0.2, 0) is 11.2 Å². The Balaban J connectivity index is 1.60. The molecule has 0 bridgehead atoms. The highest BCUT2D eigenvalue weighted by Crippen LogP contribution is 2.37. The lowest BCUT2D eigenvalue weighted by Crippen LogP contribution is -2.50. The molecule has 1 aliphatic heterocycles. The number of nitrogens with zero attached hydrogens (tertiary/aromatic N) is 2. The highest BCUT2D eigenvalue weighted by atomic mass is 16.5. The maximum absolute atomic E-state index is 6.21. The Labute approximate surface area is 156 Å². The molecule has 3 heteroatoms. The van der Waals surface area contributed by atoms with Crippen LogP contribution in [0.1, 0.15) is 48.8 Å². The van der Waals surface area contributed by atoms with Crippen molar-refractivity contribution in [3.8, 4) is 11.8 Å². The van der Waals surface area contributed by atoms with Crippen LogP contribution in [0.15, 0.2) is 42.6 Å². The summed E-state index contributed by atoms with van der Waals surface area (Å²) in [6, 6.07) is 12.8. The van der Waals surface area contributed by atoms with Gasteiger partial charge in [-0.1, -0.05) is 43.9 Å². The number of pyridine rings is 1. The van der Waals surface area contributed by atoms with Crippen LogP contribution in [0, 0.1) is 17.8 Å². The molecule has 1 fully saturated rings. The van der Waals surface area contributed by atoms with Crippen LogP contribution in [0.4, 0.5) is 0 Å². The van der Waals surface area contributed by atoms with Gasteiger partial charge in [0.1, 0.15) is 0 Å². The summed E-state index contributed by atoms with van der Waals surface area (Å²) in [7, 11) is 0. The number of rotatable bonds is 2. The molecule has 2 aliphatic rings. The van der Waals surface area contributed by atoms with E-state index < -0.39 is 0 Å². The standard InChI is InChI=1S/C23H26N2O/c1-17(2)16-25-12-13-26-23-20-14-19(9-8-18-6-4-3-5-7-18)15-24-21(20)10-11-22(23)25/h3-7,14-15,17,22-23H,10-13,16H2,1-2H3/t22-,23+/m1/s1. The van der Waals surface area contributed by atoms with Crippen molar-refractivity contribution in [2.24, 2.45) is 5.92 Å². The summed E-state index contributed by atoms with van der Waals surface area (Å²) >= 11 is 0. The number of hydrogen-bond acceptors (Lipinski definition) is 3. The lowest BCUT2D eigenvalue weighted by atomic mass is 9.86. The zero-order valence-electron chi connectivity index (χ0n) is 15.6. The maximum atomic E-state index is 6.21. The molecule has 26 heavy (non-hydrogen) atoms. The van der Waals surface area contributed by atoms with Gasteiger partial charge in [0.25, 0.3) is 0 Å². The van der Waals surface area contributed by atoms with Gasteiger partial charge >= 0.3 is 0 Å². The second kappa shape index (κ2) is 7.61. The normalized spacial score (nSPS) is 22.3. The molecule has 2 aromatic rings. The van der Waals surface area contributed by atoms with Gasteiger partial charge in [0.2, 0.25) is 0 Å². The average molecular weight is 346 g/mol. The van der Waals surface area contributed by atoms with Gasteiger partial charge in [-0.3, -0.25) is 9.88 Å². The molecule has 0 N–H and O–H groups in total. The first-order valence-electron chi connectivity index (χ1n) is 9.62. The topological polar surface area (TPSA) is 25.4 Å². The minimum absolute atomic E-state index is 0.136. The van der Waals surface area contributed by atoms with E-state index in [0.29, 0.717) is 12.0 Å². The molecule has 134 valence electrons. The summed E-state index contributed by atoms with van der Waals surface area (Å²) in [6.07, 6.45) is 4.20. The molecule has 1 aromatic heterocycles. The van der Waals surface area contributed by atoms with Crippen molar-refractivity contribution in [1.82, 2.24) is 9.88 Å². The number of hydrogen-bond donors (Lipinski definition) is 0. The van der Waals surface area contributed by atoms with Gasteiger partial charge in [-0.05, 0) is 37.0 Å². The molecule has 1 aromatic carbocycles. The summed E-state index contributed by atoms with van der Waals surface area (Å²) in [6.45, 7) is 7.56. The summed E-state index contributed by atoms with van der Waals surface area (Å²) in [5.41, 5.74) is 4.43. The number of benzene rings is 1. The van der Waals surface area contributed by atoms with E-state index in [1.54, 1.807) is 0 Å². The fraction of sp³-hybridized carbons (Fsp3) is 0.435. The zero-order chi connectivity index (χ0) is 17.9. The van der Waals surface area contributed by atoms with Crippen molar-refractivity contribution in [3.05, 3.63) is 65.0 Å². The number of fused-ring (bicyclic) bond motifs is 3. The minimum Gasteiger partial charge on any atom is -0.370 e. The molecule has 0 spiro atoms. The smallest absolute Gasteiger partial charge is 0.0998 e. The van der Waals surface area contributed by atoms with Crippen LogP contribution in [0.25, 0.3) is 0 Å². The summed E-state index contributed by atoms with van der Waals surface area (Å²) in [4.78, 5) is 7.32. The average Bonchev–Trinajstić information content (AvgIpc) is 2.67. The van der Waals surface area contributed by atoms with Crippen LogP contribution < -0.4 is 0 Å². The monoisotopic (exact) mass is 346 g/mol. The van der Waals surface area contributed by atoms with Gasteiger partial charge in [0.05, 0.1) is 12.7 Å². The molecule has 1 saturated heterocycles. The third kappa shape index (κ3) is 3.67. The van der Waals surface area contributed by atoms with Crippen molar-refractivity contribution < 1.29 is 4.74 Å². The van der Waals surface area contributed by atoms with Crippen molar-refractivity contribution in [1.29, 1.82) is 0 Å². The van der Waals surface area contributed by atoms with Crippen molar-refractivity contribution in [2.45, 2.75) is 38.8 Å². The number of morpholine rings is 1. The van der Waals surface area contributed by atoms with Gasteiger partial charge in [-0.15, -0.1) is 0 Å². The van der Waals surface area contributed by atoms with Gasteiger partial charge in [0.15, 0.2) is 0 Å². The Hall–Kier alpha value is -2.15. The molecule has 0 saturated carbocycles. The van der Waals surface area contributed by atoms with E-state index in [9.17, 15) is 0 Å². The fourth-order valence-electron chi connectivity index (χ4n) is 4.08. The van der Waals surface area contributed by atoms with Crippen LogP contribution in [0.3, 0.4) is 0 Å². The third-order valence-corrected chi connectivity index (χ3v) is 5.21. The highest BCUT2D eigenvalue weighted by Gasteiger charge is 2.38. The largest absolute Gasteiger partial charge is 0.370 e. The van der Waals surface area contributed by atoms with Gasteiger partial charge in [0, 0.05) is 47.7 Å². The molecular weight excluding hydrogens is 320 g/mol. The molecule has 0 unspecified atom stereocenters. The molecule has 3 nitrogen and oxygen atoms in total. The van der Waals surface area contributed by atoms with Crippen LogP contribution in [0.5, 0.6) is 0 Å². The summed E-state index contributed by atoms with van der Waals surface area (Å²) in [5.74, 6) is 7.18. The third-order valence-electron chi connectivity index (χ3n) is 5.21. The summed E-state index contributed by atoms with van der Waals surface area (Å²) in [5, 5.41) is 0. The van der Waals surface area contributed by atoms with Crippen molar-refractivity contribution in [3.63, 3.8) is 0 Å². The Bertz CT molecular complexity index is 819. The summed E-state index contributed by atoms with van der Waals surface area (Å²) < 4.78 is 6.21. The van der Waals surface area contributed by atoms with Gasteiger partial charge < -0.3 is 4.74 Å². The quantitative estimate of drug-likeness (QED) is 0.773. The highest BCUT2D eigenvalue weighted by molar-refractivity contribution is 5.44. The Morgan fingerprint density at radius 1 is 1.19 bits per heavy atom. The van der Waals surface area contributed by atoms with Crippen molar-refractivity contribution >= 4 is 0 Å². The van der Waals surface area contributed by atoms with Gasteiger partial charge in [-0.25, -0.2) is 0 Å². The predicted octanol–water partition coefficient (Wildman–Crippen LogP) is 3.83.